The van der Waals surface area contributed by atoms with Crippen molar-refractivity contribution in [2.24, 2.45) is 16.8 Å². The van der Waals surface area contributed by atoms with Crippen molar-refractivity contribution in [1.82, 2.24) is 5.32 Å². The second kappa shape index (κ2) is 7.92. The molecule has 6 heteroatoms. The Morgan fingerprint density at radius 1 is 1.50 bits per heavy atom. The Labute approximate surface area is 108 Å². The quantitative estimate of drug-likeness (QED) is 0.207. The Hall–Kier alpha value is -1.30. The zero-order valence-electron chi connectivity index (χ0n) is 10.9. The molecule has 1 saturated carbocycles. The van der Waals surface area contributed by atoms with Crippen molar-refractivity contribution in [3.05, 3.63) is 0 Å². The summed E-state index contributed by atoms with van der Waals surface area (Å²) in [5.74, 6) is 0.129. The van der Waals surface area contributed by atoms with Crippen LogP contribution in [0.3, 0.4) is 0 Å². The van der Waals surface area contributed by atoms with Crippen LogP contribution in [-0.4, -0.2) is 36.2 Å². The minimum absolute atomic E-state index is 0.0143. The summed E-state index contributed by atoms with van der Waals surface area (Å²) in [5, 5.41) is 14.6. The van der Waals surface area contributed by atoms with Crippen molar-refractivity contribution >= 4 is 11.7 Å². The fourth-order valence-electron chi connectivity index (χ4n) is 2.25. The first kappa shape index (κ1) is 14.8. The van der Waals surface area contributed by atoms with E-state index < -0.39 is 0 Å². The fraction of sp³-hybridized carbons (Fsp3) is 0.833. The van der Waals surface area contributed by atoms with E-state index in [1.807, 2.05) is 6.92 Å². The molecule has 6 nitrogen and oxygen atoms in total. The number of carbonyl (C=O) groups is 1. The first-order valence-electron chi connectivity index (χ1n) is 6.53. The lowest BCUT2D eigenvalue weighted by molar-refractivity contribution is -0.123. The van der Waals surface area contributed by atoms with Gasteiger partial charge in [0.15, 0.2) is 0 Å². The van der Waals surface area contributed by atoms with E-state index in [0.717, 1.165) is 25.7 Å². The summed E-state index contributed by atoms with van der Waals surface area (Å²) in [6.07, 6.45) is 4.03. The molecule has 4 N–H and O–H groups in total. The summed E-state index contributed by atoms with van der Waals surface area (Å²) in [5.41, 5.74) is 5.61. The maximum absolute atomic E-state index is 11.7. The van der Waals surface area contributed by atoms with E-state index in [9.17, 15) is 4.79 Å². The average molecular weight is 257 g/mol. The predicted molar refractivity (Wildman–Crippen MR) is 68.4 cm³/mol. The van der Waals surface area contributed by atoms with E-state index in [-0.39, 0.29) is 23.7 Å². The summed E-state index contributed by atoms with van der Waals surface area (Å²) < 4.78 is 5.26. The van der Waals surface area contributed by atoms with Gasteiger partial charge in [0.2, 0.25) is 5.91 Å². The largest absolute Gasteiger partial charge is 0.409 e. The van der Waals surface area contributed by atoms with E-state index in [1.54, 1.807) is 0 Å². The van der Waals surface area contributed by atoms with Gasteiger partial charge in [0, 0.05) is 25.0 Å². The highest BCUT2D eigenvalue weighted by Gasteiger charge is 2.31. The Balaban J connectivity index is 2.30. The average Bonchev–Trinajstić information content (AvgIpc) is 2.82. The standard InChI is InChI=1S/C12H23N3O3/c1-2-7-18-8-6-11(16)14-10-5-3-4-9(10)12(13)15-17/h9-10,17H,2-8H2,1H3,(H2,13,15)(H,14,16). The number of hydrogen-bond acceptors (Lipinski definition) is 4. The monoisotopic (exact) mass is 257 g/mol. The lowest BCUT2D eigenvalue weighted by Gasteiger charge is -2.19. The van der Waals surface area contributed by atoms with Crippen LogP contribution < -0.4 is 11.1 Å². The molecule has 2 atom stereocenters. The Bertz CT molecular complexity index is 294. The molecule has 1 rings (SSSR count). The van der Waals surface area contributed by atoms with Gasteiger partial charge in [-0.1, -0.05) is 18.5 Å². The van der Waals surface area contributed by atoms with Crippen LogP contribution in [0.25, 0.3) is 0 Å². The van der Waals surface area contributed by atoms with Gasteiger partial charge in [-0.25, -0.2) is 0 Å². The molecule has 1 aliphatic rings. The second-order valence-electron chi connectivity index (χ2n) is 4.60. The van der Waals surface area contributed by atoms with Gasteiger partial charge in [-0.15, -0.1) is 0 Å². The van der Waals surface area contributed by atoms with Crippen molar-refractivity contribution in [2.45, 2.75) is 45.1 Å². The van der Waals surface area contributed by atoms with Gasteiger partial charge in [-0.2, -0.15) is 0 Å². The Kier molecular flexibility index (Phi) is 6.49. The van der Waals surface area contributed by atoms with Crippen molar-refractivity contribution in [1.29, 1.82) is 0 Å². The van der Waals surface area contributed by atoms with Crippen molar-refractivity contribution < 1.29 is 14.7 Å². The molecule has 0 aromatic carbocycles. The summed E-state index contributed by atoms with van der Waals surface area (Å²) >= 11 is 0. The lowest BCUT2D eigenvalue weighted by Crippen LogP contribution is -2.42. The highest BCUT2D eigenvalue weighted by molar-refractivity contribution is 5.84. The number of nitrogens with two attached hydrogens (primary N) is 1. The molecule has 2 unspecified atom stereocenters. The third-order valence-corrected chi connectivity index (χ3v) is 3.18. The molecule has 0 heterocycles. The molecule has 0 aliphatic heterocycles. The maximum atomic E-state index is 11.7. The van der Waals surface area contributed by atoms with Gasteiger partial charge in [0.25, 0.3) is 0 Å². The van der Waals surface area contributed by atoms with E-state index in [4.69, 9.17) is 15.7 Å². The lowest BCUT2D eigenvalue weighted by atomic mass is 10.0. The van der Waals surface area contributed by atoms with Crippen LogP contribution in [0.4, 0.5) is 0 Å². The highest BCUT2D eigenvalue weighted by Crippen LogP contribution is 2.25. The number of amides is 1. The van der Waals surface area contributed by atoms with Crippen molar-refractivity contribution in [3.8, 4) is 0 Å². The summed E-state index contributed by atoms with van der Waals surface area (Å²) in [6, 6.07) is -0.0143. The van der Waals surface area contributed by atoms with E-state index in [0.29, 0.717) is 19.6 Å². The molecule has 104 valence electrons. The highest BCUT2D eigenvalue weighted by atomic mass is 16.5. The fourth-order valence-corrected chi connectivity index (χ4v) is 2.25. The summed E-state index contributed by atoms with van der Waals surface area (Å²) in [6.45, 7) is 3.16. The molecule has 18 heavy (non-hydrogen) atoms. The van der Waals surface area contributed by atoms with Gasteiger partial charge < -0.3 is 21.0 Å². The normalized spacial score (nSPS) is 24.2. The molecule has 0 aromatic rings. The molecule has 1 amide bonds. The Morgan fingerprint density at radius 3 is 2.94 bits per heavy atom. The zero-order valence-corrected chi connectivity index (χ0v) is 10.9. The molecular weight excluding hydrogens is 234 g/mol. The van der Waals surface area contributed by atoms with Gasteiger partial charge >= 0.3 is 0 Å². The van der Waals surface area contributed by atoms with E-state index >= 15 is 0 Å². The third-order valence-electron chi connectivity index (χ3n) is 3.18. The van der Waals surface area contributed by atoms with Crippen LogP contribution in [0.5, 0.6) is 0 Å². The topological polar surface area (TPSA) is 96.9 Å². The minimum Gasteiger partial charge on any atom is -0.409 e. The van der Waals surface area contributed by atoms with Crippen LogP contribution in [0.1, 0.15) is 39.0 Å². The third kappa shape index (κ3) is 4.52. The number of hydrogen-bond donors (Lipinski definition) is 3. The smallest absolute Gasteiger partial charge is 0.222 e. The van der Waals surface area contributed by atoms with Crippen molar-refractivity contribution in [3.63, 3.8) is 0 Å². The van der Waals surface area contributed by atoms with E-state index in [1.165, 1.54) is 0 Å². The number of nitrogens with one attached hydrogen (secondary N) is 1. The molecule has 0 spiro atoms. The number of amidine groups is 1. The number of carbonyl (C=O) groups excluding carboxylic acids is 1. The molecule has 0 bridgehead atoms. The molecule has 0 saturated heterocycles. The van der Waals surface area contributed by atoms with Crippen LogP contribution in [0, 0.1) is 5.92 Å². The number of ether oxygens (including phenoxy) is 1. The predicted octanol–water partition coefficient (Wildman–Crippen LogP) is 0.834. The van der Waals surface area contributed by atoms with E-state index in [2.05, 4.69) is 10.5 Å². The minimum atomic E-state index is -0.0458. The summed E-state index contributed by atoms with van der Waals surface area (Å²) in [4.78, 5) is 11.7. The first-order valence-corrected chi connectivity index (χ1v) is 6.53. The molecule has 0 aromatic heterocycles. The van der Waals surface area contributed by atoms with Crippen LogP contribution in [0.2, 0.25) is 0 Å². The number of rotatable bonds is 7. The number of oxime groups is 1. The number of nitrogens with zero attached hydrogens (tertiary/aromatic N) is 1. The SMILES string of the molecule is CCCOCCC(=O)NC1CCCC1C(N)=NO. The van der Waals surface area contributed by atoms with Crippen LogP contribution >= 0.6 is 0 Å². The molecule has 1 aliphatic carbocycles. The maximum Gasteiger partial charge on any atom is 0.222 e. The van der Waals surface area contributed by atoms with Gasteiger partial charge in [-0.05, 0) is 19.3 Å². The Morgan fingerprint density at radius 2 is 2.28 bits per heavy atom. The van der Waals surface area contributed by atoms with Gasteiger partial charge in [0.05, 0.1) is 6.61 Å². The summed E-state index contributed by atoms with van der Waals surface area (Å²) in [7, 11) is 0. The van der Waals surface area contributed by atoms with Gasteiger partial charge in [0.1, 0.15) is 5.84 Å². The molecule has 1 fully saturated rings. The second-order valence-corrected chi connectivity index (χ2v) is 4.60. The van der Waals surface area contributed by atoms with Crippen LogP contribution in [-0.2, 0) is 9.53 Å². The zero-order chi connectivity index (χ0) is 13.4. The first-order chi connectivity index (χ1) is 8.69. The van der Waals surface area contributed by atoms with Crippen LogP contribution in [0.15, 0.2) is 5.16 Å². The van der Waals surface area contributed by atoms with Gasteiger partial charge in [-0.3, -0.25) is 4.79 Å². The molecule has 0 radical (unpaired) electrons. The van der Waals surface area contributed by atoms with Crippen molar-refractivity contribution in [2.75, 3.05) is 13.2 Å². The molecular formula is C12H23N3O3.